The molecule has 156 valence electrons. The predicted molar refractivity (Wildman–Crippen MR) is 128 cm³/mol. The number of nitrogens with zero attached hydrogens (tertiary/aromatic N) is 3. The van der Waals surface area contributed by atoms with Crippen molar-refractivity contribution in [3.8, 4) is 11.8 Å². The lowest BCUT2D eigenvalue weighted by molar-refractivity contribution is 0.306. The van der Waals surface area contributed by atoms with Gasteiger partial charge in [-0.3, -0.25) is 4.79 Å². The third-order valence-electron chi connectivity index (χ3n) is 4.97. The zero-order valence-corrected chi connectivity index (χ0v) is 18.7. The largest absolute Gasteiger partial charge is 0.486 e. The Hall–Kier alpha value is -3.37. The molecule has 0 bridgehead atoms. The molecule has 0 spiro atoms. The van der Waals surface area contributed by atoms with Crippen LogP contribution >= 0.6 is 34.5 Å². The van der Waals surface area contributed by atoms with E-state index in [-0.39, 0.29) is 12.2 Å². The lowest BCUT2D eigenvalue weighted by atomic mass is 10.1. The first-order valence-electron chi connectivity index (χ1n) is 9.57. The van der Waals surface area contributed by atoms with E-state index in [9.17, 15) is 10.1 Å². The van der Waals surface area contributed by atoms with Gasteiger partial charge in [-0.1, -0.05) is 64.9 Å². The quantitative estimate of drug-likeness (QED) is 0.356. The second kappa shape index (κ2) is 8.29. The Bertz CT molecular complexity index is 1630. The summed E-state index contributed by atoms with van der Waals surface area (Å²) >= 11 is 14.2. The molecule has 2 aromatic heterocycles. The molecule has 0 aliphatic carbocycles. The van der Waals surface area contributed by atoms with Crippen LogP contribution in [0.25, 0.3) is 22.1 Å². The van der Waals surface area contributed by atoms with Crippen molar-refractivity contribution in [1.29, 1.82) is 5.26 Å². The van der Waals surface area contributed by atoms with Crippen LogP contribution in [-0.2, 0) is 6.61 Å². The molecule has 5 nitrogen and oxygen atoms in total. The molecule has 0 aliphatic heterocycles. The Kier molecular flexibility index (Phi) is 5.32. The number of aromatic nitrogens is 2. The summed E-state index contributed by atoms with van der Waals surface area (Å²) < 4.78 is 7.95. The lowest BCUT2D eigenvalue weighted by Gasteiger charge is -2.11. The van der Waals surface area contributed by atoms with Crippen LogP contribution < -0.4 is 14.8 Å². The molecule has 0 unspecified atom stereocenters. The molecular formula is C24H13Cl2N3O2S. The molecule has 3 aromatic carbocycles. The minimum Gasteiger partial charge on any atom is -0.486 e. The first-order valence-corrected chi connectivity index (χ1v) is 11.1. The standard InChI is InChI=1S/C24H13Cl2N3O2S/c25-17-9-14(10-18(26)22(17)31-13-16-6-2-1-5-15(16)12-27)11-21-23(30)29-20-8-4-3-7-19(20)28-24(29)32-21/h1-11H,13H2/b21-11-. The Morgan fingerprint density at radius 2 is 1.81 bits per heavy atom. The summed E-state index contributed by atoms with van der Waals surface area (Å²) in [5, 5.41) is 9.86. The highest BCUT2D eigenvalue weighted by Gasteiger charge is 2.13. The third kappa shape index (κ3) is 3.61. The van der Waals surface area contributed by atoms with E-state index in [2.05, 4.69) is 11.1 Å². The molecule has 8 heteroatoms. The summed E-state index contributed by atoms with van der Waals surface area (Å²) in [6.45, 7) is 0.159. The van der Waals surface area contributed by atoms with Crippen LogP contribution in [0, 0.1) is 11.3 Å². The number of nitriles is 1. The van der Waals surface area contributed by atoms with Crippen molar-refractivity contribution in [2.45, 2.75) is 6.61 Å². The van der Waals surface area contributed by atoms with Crippen LogP contribution in [0.5, 0.6) is 5.75 Å². The smallest absolute Gasteiger partial charge is 0.274 e. The zero-order valence-electron chi connectivity index (χ0n) is 16.4. The molecule has 0 atom stereocenters. The molecule has 0 saturated heterocycles. The monoisotopic (exact) mass is 477 g/mol. The zero-order chi connectivity index (χ0) is 22.2. The molecule has 0 saturated carbocycles. The average molecular weight is 478 g/mol. The van der Waals surface area contributed by atoms with E-state index >= 15 is 0 Å². The molecule has 0 aliphatic rings. The van der Waals surface area contributed by atoms with Gasteiger partial charge >= 0.3 is 0 Å². The third-order valence-corrected chi connectivity index (χ3v) is 6.50. The maximum atomic E-state index is 12.9. The predicted octanol–water partition coefficient (Wildman–Crippen LogP) is 5.21. The number of thiazole rings is 1. The van der Waals surface area contributed by atoms with E-state index in [0.717, 1.165) is 16.6 Å². The number of hydrogen-bond donors (Lipinski definition) is 0. The number of rotatable bonds is 4. The number of benzene rings is 3. The molecular weight excluding hydrogens is 465 g/mol. The van der Waals surface area contributed by atoms with Crippen molar-refractivity contribution in [3.63, 3.8) is 0 Å². The molecule has 0 radical (unpaired) electrons. The topological polar surface area (TPSA) is 67.4 Å². The summed E-state index contributed by atoms with van der Waals surface area (Å²) in [6.07, 6.45) is 1.74. The minimum absolute atomic E-state index is 0.139. The van der Waals surface area contributed by atoms with Gasteiger partial charge in [-0.05, 0) is 42.0 Å². The normalized spacial score (nSPS) is 11.8. The van der Waals surface area contributed by atoms with E-state index in [1.54, 1.807) is 34.7 Å². The van der Waals surface area contributed by atoms with Crippen molar-refractivity contribution in [3.05, 3.63) is 102 Å². The number of ether oxygens (including phenoxy) is 1. The highest BCUT2D eigenvalue weighted by Crippen LogP contribution is 2.35. The molecule has 32 heavy (non-hydrogen) atoms. The molecule has 0 fully saturated rings. The van der Waals surface area contributed by atoms with Gasteiger partial charge in [0.1, 0.15) is 6.61 Å². The summed E-state index contributed by atoms with van der Waals surface area (Å²) in [5.41, 5.74) is 3.37. The molecule has 0 N–H and O–H groups in total. The van der Waals surface area contributed by atoms with E-state index < -0.39 is 0 Å². The van der Waals surface area contributed by atoms with Crippen LogP contribution in [0.2, 0.25) is 10.0 Å². The van der Waals surface area contributed by atoms with Crippen LogP contribution in [0.1, 0.15) is 16.7 Å². The van der Waals surface area contributed by atoms with Gasteiger partial charge in [0.2, 0.25) is 0 Å². The maximum Gasteiger partial charge on any atom is 0.274 e. The van der Waals surface area contributed by atoms with Crippen molar-refractivity contribution >= 4 is 56.6 Å². The van der Waals surface area contributed by atoms with Gasteiger partial charge in [0.05, 0.1) is 37.2 Å². The van der Waals surface area contributed by atoms with Gasteiger partial charge in [-0.2, -0.15) is 5.26 Å². The van der Waals surface area contributed by atoms with Crippen LogP contribution in [-0.4, -0.2) is 9.38 Å². The number of imidazole rings is 1. The van der Waals surface area contributed by atoms with Gasteiger partial charge in [-0.25, -0.2) is 9.38 Å². The Labute approximate surface area is 196 Å². The summed E-state index contributed by atoms with van der Waals surface area (Å²) in [4.78, 5) is 18.1. The molecule has 0 amide bonds. The lowest BCUT2D eigenvalue weighted by Crippen LogP contribution is -2.22. The fourth-order valence-electron chi connectivity index (χ4n) is 3.47. The fourth-order valence-corrected chi connectivity index (χ4v) is 5.07. The summed E-state index contributed by atoms with van der Waals surface area (Å²) in [7, 11) is 0. The van der Waals surface area contributed by atoms with Crippen molar-refractivity contribution in [2.24, 2.45) is 0 Å². The maximum absolute atomic E-state index is 12.9. The summed E-state index contributed by atoms with van der Waals surface area (Å²) in [6, 6.07) is 20.2. The van der Waals surface area contributed by atoms with Crippen LogP contribution in [0.15, 0.2) is 65.5 Å². The Morgan fingerprint density at radius 3 is 2.59 bits per heavy atom. The highest BCUT2D eigenvalue weighted by molar-refractivity contribution is 7.15. The first kappa shape index (κ1) is 20.5. The van der Waals surface area contributed by atoms with Crippen LogP contribution in [0.4, 0.5) is 0 Å². The van der Waals surface area contributed by atoms with E-state index in [1.165, 1.54) is 11.3 Å². The number of para-hydroxylation sites is 2. The van der Waals surface area contributed by atoms with Gasteiger partial charge < -0.3 is 4.74 Å². The van der Waals surface area contributed by atoms with E-state index in [0.29, 0.717) is 36.4 Å². The minimum atomic E-state index is -0.139. The van der Waals surface area contributed by atoms with E-state index in [4.69, 9.17) is 27.9 Å². The summed E-state index contributed by atoms with van der Waals surface area (Å²) in [5.74, 6) is 0.326. The van der Waals surface area contributed by atoms with Crippen LogP contribution in [0.3, 0.4) is 0 Å². The van der Waals surface area contributed by atoms with E-state index in [1.807, 2.05) is 36.4 Å². The number of halogens is 2. The second-order valence-electron chi connectivity index (χ2n) is 7.01. The van der Waals surface area contributed by atoms with Crippen molar-refractivity contribution in [2.75, 3.05) is 0 Å². The Morgan fingerprint density at radius 1 is 1.09 bits per heavy atom. The second-order valence-corrected chi connectivity index (χ2v) is 8.83. The number of fused-ring (bicyclic) bond motifs is 3. The Balaban J connectivity index is 1.49. The number of hydrogen-bond acceptors (Lipinski definition) is 5. The fraction of sp³-hybridized carbons (Fsp3) is 0.0417. The van der Waals surface area contributed by atoms with Crippen molar-refractivity contribution in [1.82, 2.24) is 9.38 Å². The highest BCUT2D eigenvalue weighted by atomic mass is 35.5. The SMILES string of the molecule is N#Cc1ccccc1COc1c(Cl)cc(/C=c2\sc3nc4ccccc4n3c2=O)cc1Cl. The average Bonchev–Trinajstić information content (AvgIpc) is 3.29. The van der Waals surface area contributed by atoms with Crippen molar-refractivity contribution < 1.29 is 4.74 Å². The van der Waals surface area contributed by atoms with Gasteiger partial charge in [0.15, 0.2) is 10.7 Å². The molecule has 5 rings (SSSR count). The first-order chi connectivity index (χ1) is 15.5. The van der Waals surface area contributed by atoms with Gasteiger partial charge in [0.25, 0.3) is 5.56 Å². The molecule has 2 heterocycles. The molecule has 5 aromatic rings. The van der Waals surface area contributed by atoms with Gasteiger partial charge in [0, 0.05) is 5.56 Å². The van der Waals surface area contributed by atoms with Gasteiger partial charge in [-0.15, -0.1) is 0 Å².